The zero-order chi connectivity index (χ0) is 19.9. The highest BCUT2D eigenvalue weighted by Gasteiger charge is 2.14. The molecule has 0 fully saturated rings. The van der Waals surface area contributed by atoms with Crippen molar-refractivity contribution >= 4 is 17.5 Å². The summed E-state index contributed by atoms with van der Waals surface area (Å²) in [4.78, 5) is 24.8. The Kier molecular flexibility index (Phi) is 6.07. The van der Waals surface area contributed by atoms with Crippen LogP contribution in [0.2, 0.25) is 0 Å². The number of hydrogen-bond acceptors (Lipinski definition) is 3. The molecule has 0 saturated heterocycles. The number of para-hydroxylation sites is 3. The number of ether oxygens (including phenoxy) is 1. The van der Waals surface area contributed by atoms with E-state index in [0.717, 1.165) is 16.8 Å². The minimum Gasteiger partial charge on any atom is -0.457 e. The summed E-state index contributed by atoms with van der Waals surface area (Å²) in [6, 6.07) is 22.0. The summed E-state index contributed by atoms with van der Waals surface area (Å²) in [5, 5.41) is 5.51. The molecule has 0 bridgehead atoms. The molecule has 0 spiro atoms. The van der Waals surface area contributed by atoms with E-state index < -0.39 is 0 Å². The Morgan fingerprint density at radius 3 is 2.18 bits per heavy atom. The average Bonchev–Trinajstić information content (AvgIpc) is 2.70. The van der Waals surface area contributed by atoms with Gasteiger partial charge in [-0.15, -0.1) is 0 Å². The number of benzene rings is 3. The van der Waals surface area contributed by atoms with Crippen LogP contribution in [0.25, 0.3) is 0 Å². The number of carbonyl (C=O) groups is 2. The maximum atomic E-state index is 12.6. The maximum Gasteiger partial charge on any atom is 0.255 e. The molecule has 0 aliphatic heterocycles. The van der Waals surface area contributed by atoms with Gasteiger partial charge in [0, 0.05) is 5.69 Å². The molecule has 5 nitrogen and oxygen atoms in total. The van der Waals surface area contributed by atoms with Crippen molar-refractivity contribution in [2.45, 2.75) is 13.8 Å². The van der Waals surface area contributed by atoms with Crippen LogP contribution < -0.4 is 15.4 Å². The van der Waals surface area contributed by atoms with Crippen LogP contribution in [0.15, 0.2) is 72.8 Å². The highest BCUT2D eigenvalue weighted by atomic mass is 16.5. The van der Waals surface area contributed by atoms with Crippen LogP contribution in [0.5, 0.6) is 11.5 Å². The van der Waals surface area contributed by atoms with E-state index in [2.05, 4.69) is 10.6 Å². The van der Waals surface area contributed by atoms with Crippen LogP contribution in [-0.2, 0) is 4.79 Å². The fraction of sp³-hybridized carbons (Fsp3) is 0.130. The van der Waals surface area contributed by atoms with Crippen molar-refractivity contribution in [1.29, 1.82) is 0 Å². The molecule has 5 heteroatoms. The molecule has 2 N–H and O–H groups in total. The Hall–Kier alpha value is -3.60. The number of amides is 2. The van der Waals surface area contributed by atoms with Gasteiger partial charge in [-0.2, -0.15) is 0 Å². The normalized spacial score (nSPS) is 10.2. The first-order valence-corrected chi connectivity index (χ1v) is 9.01. The van der Waals surface area contributed by atoms with E-state index in [9.17, 15) is 9.59 Å². The van der Waals surface area contributed by atoms with Crippen molar-refractivity contribution in [1.82, 2.24) is 5.32 Å². The second kappa shape index (κ2) is 8.86. The van der Waals surface area contributed by atoms with Gasteiger partial charge in [0.15, 0.2) is 0 Å². The van der Waals surface area contributed by atoms with Crippen LogP contribution in [-0.4, -0.2) is 18.4 Å². The molecule has 28 heavy (non-hydrogen) atoms. The summed E-state index contributed by atoms with van der Waals surface area (Å²) in [5.41, 5.74) is 3.09. The Balaban J connectivity index is 1.64. The van der Waals surface area contributed by atoms with Crippen molar-refractivity contribution in [3.63, 3.8) is 0 Å². The van der Waals surface area contributed by atoms with Crippen molar-refractivity contribution in [2.24, 2.45) is 0 Å². The Labute approximate surface area is 164 Å². The summed E-state index contributed by atoms with van der Waals surface area (Å²) in [6.45, 7) is 3.73. The first-order valence-electron chi connectivity index (χ1n) is 9.01. The third-order valence-electron chi connectivity index (χ3n) is 4.26. The minimum atomic E-state index is -0.372. The van der Waals surface area contributed by atoms with Crippen molar-refractivity contribution in [2.75, 3.05) is 11.9 Å². The van der Waals surface area contributed by atoms with Gasteiger partial charge in [-0.1, -0.05) is 48.5 Å². The molecule has 0 aliphatic carbocycles. The van der Waals surface area contributed by atoms with E-state index in [1.165, 1.54) is 0 Å². The zero-order valence-corrected chi connectivity index (χ0v) is 15.9. The van der Waals surface area contributed by atoms with Gasteiger partial charge in [-0.3, -0.25) is 9.59 Å². The Morgan fingerprint density at radius 1 is 0.821 bits per heavy atom. The molecule has 0 aliphatic rings. The summed E-state index contributed by atoms with van der Waals surface area (Å²) < 4.78 is 5.80. The second-order valence-electron chi connectivity index (χ2n) is 6.41. The lowest BCUT2D eigenvalue weighted by atomic mass is 10.1. The molecule has 142 valence electrons. The van der Waals surface area contributed by atoms with Gasteiger partial charge >= 0.3 is 0 Å². The minimum absolute atomic E-state index is 0.133. The summed E-state index contributed by atoms with van der Waals surface area (Å²) >= 11 is 0. The van der Waals surface area contributed by atoms with Gasteiger partial charge in [0.05, 0.1) is 12.1 Å². The van der Waals surface area contributed by atoms with Gasteiger partial charge in [0.25, 0.3) is 5.91 Å². The molecule has 0 radical (unpaired) electrons. The van der Waals surface area contributed by atoms with E-state index >= 15 is 0 Å². The van der Waals surface area contributed by atoms with Crippen LogP contribution in [0, 0.1) is 13.8 Å². The van der Waals surface area contributed by atoms with E-state index in [1.54, 1.807) is 24.3 Å². The fourth-order valence-corrected chi connectivity index (χ4v) is 2.81. The van der Waals surface area contributed by atoms with E-state index in [-0.39, 0.29) is 18.4 Å². The summed E-state index contributed by atoms with van der Waals surface area (Å²) in [5.74, 6) is 0.410. The van der Waals surface area contributed by atoms with Gasteiger partial charge in [0.1, 0.15) is 11.5 Å². The number of hydrogen-bond donors (Lipinski definition) is 2. The molecule has 0 heterocycles. The maximum absolute atomic E-state index is 12.6. The monoisotopic (exact) mass is 374 g/mol. The fourth-order valence-electron chi connectivity index (χ4n) is 2.81. The van der Waals surface area contributed by atoms with E-state index in [1.807, 2.05) is 62.4 Å². The number of anilines is 1. The molecule has 0 atom stereocenters. The smallest absolute Gasteiger partial charge is 0.255 e. The highest BCUT2D eigenvalue weighted by molar-refractivity contribution is 6.01. The Morgan fingerprint density at radius 2 is 1.46 bits per heavy atom. The molecule has 0 aromatic heterocycles. The predicted octanol–water partition coefficient (Wildman–Crippen LogP) is 4.46. The summed E-state index contributed by atoms with van der Waals surface area (Å²) in [7, 11) is 0. The average molecular weight is 374 g/mol. The third kappa shape index (κ3) is 4.76. The lowest BCUT2D eigenvalue weighted by molar-refractivity contribution is -0.115. The van der Waals surface area contributed by atoms with Crippen molar-refractivity contribution in [3.8, 4) is 11.5 Å². The standard InChI is InChI=1S/C23H22N2O3/c1-16-9-8-10-17(2)22(16)25-21(26)15-24-23(27)19-13-6-7-14-20(19)28-18-11-4-3-5-12-18/h3-14H,15H2,1-2H3,(H,24,27)(H,25,26). The van der Waals surface area contributed by atoms with Gasteiger partial charge in [0.2, 0.25) is 5.91 Å². The first kappa shape index (κ1) is 19.2. The number of rotatable bonds is 6. The number of aryl methyl sites for hydroxylation is 2. The van der Waals surface area contributed by atoms with Crippen LogP contribution in [0.4, 0.5) is 5.69 Å². The third-order valence-corrected chi connectivity index (χ3v) is 4.26. The highest BCUT2D eigenvalue weighted by Crippen LogP contribution is 2.25. The van der Waals surface area contributed by atoms with Crippen molar-refractivity contribution < 1.29 is 14.3 Å². The zero-order valence-electron chi connectivity index (χ0n) is 15.9. The lowest BCUT2D eigenvalue weighted by Gasteiger charge is -2.13. The topological polar surface area (TPSA) is 67.4 Å². The molecular weight excluding hydrogens is 352 g/mol. The lowest BCUT2D eigenvalue weighted by Crippen LogP contribution is -2.33. The van der Waals surface area contributed by atoms with Gasteiger partial charge in [-0.05, 0) is 49.2 Å². The molecule has 3 aromatic rings. The van der Waals surface area contributed by atoms with Crippen LogP contribution in [0.1, 0.15) is 21.5 Å². The number of carbonyl (C=O) groups excluding carboxylic acids is 2. The molecular formula is C23H22N2O3. The SMILES string of the molecule is Cc1cccc(C)c1NC(=O)CNC(=O)c1ccccc1Oc1ccccc1. The van der Waals surface area contributed by atoms with E-state index in [0.29, 0.717) is 17.1 Å². The molecule has 3 aromatic carbocycles. The van der Waals surface area contributed by atoms with Crippen LogP contribution >= 0.6 is 0 Å². The largest absolute Gasteiger partial charge is 0.457 e. The molecule has 0 saturated carbocycles. The first-order chi connectivity index (χ1) is 13.5. The van der Waals surface area contributed by atoms with E-state index in [4.69, 9.17) is 4.74 Å². The second-order valence-corrected chi connectivity index (χ2v) is 6.41. The molecule has 3 rings (SSSR count). The van der Waals surface area contributed by atoms with Crippen LogP contribution in [0.3, 0.4) is 0 Å². The van der Waals surface area contributed by atoms with Gasteiger partial charge < -0.3 is 15.4 Å². The number of nitrogens with one attached hydrogen (secondary N) is 2. The quantitative estimate of drug-likeness (QED) is 0.669. The van der Waals surface area contributed by atoms with Crippen molar-refractivity contribution in [3.05, 3.63) is 89.5 Å². The molecule has 0 unspecified atom stereocenters. The van der Waals surface area contributed by atoms with Gasteiger partial charge in [-0.25, -0.2) is 0 Å². The molecule has 2 amide bonds. The summed E-state index contributed by atoms with van der Waals surface area (Å²) in [6.07, 6.45) is 0. The Bertz CT molecular complexity index is 964. The predicted molar refractivity (Wildman–Crippen MR) is 110 cm³/mol.